The lowest BCUT2D eigenvalue weighted by Gasteiger charge is -2.42. The molecule has 0 amide bonds. The fraction of sp³-hybridized carbons (Fsp3) is 0.905. The minimum Gasteiger partial charge on any atom is -0.469 e. The van der Waals surface area contributed by atoms with Gasteiger partial charge in [0.1, 0.15) is 17.2 Å². The number of nitrogens with zero attached hydrogens (tertiary/aromatic N) is 1. The van der Waals surface area contributed by atoms with E-state index in [1.165, 1.54) is 7.11 Å². The molecule has 27 heavy (non-hydrogen) atoms. The van der Waals surface area contributed by atoms with E-state index < -0.39 is 11.0 Å². The van der Waals surface area contributed by atoms with Gasteiger partial charge >= 0.3 is 11.9 Å². The zero-order chi connectivity index (χ0) is 20.2. The topological polar surface area (TPSA) is 65.1 Å². The third-order valence-corrected chi connectivity index (χ3v) is 5.54. The van der Waals surface area contributed by atoms with Gasteiger partial charge < -0.3 is 14.2 Å². The SMILES string of the molecule is COC(=O)C1CCC(OC(N2CCCC2)C(C)(C)C(=O)OC(C)(C)C)CC1. The Bertz CT molecular complexity index is 511. The van der Waals surface area contributed by atoms with Crippen LogP contribution in [0.15, 0.2) is 0 Å². The zero-order valence-corrected chi connectivity index (χ0v) is 17.9. The van der Waals surface area contributed by atoms with Crippen LogP contribution in [0, 0.1) is 11.3 Å². The van der Waals surface area contributed by atoms with Crippen molar-refractivity contribution in [3.05, 3.63) is 0 Å². The smallest absolute Gasteiger partial charge is 0.316 e. The molecule has 156 valence electrons. The maximum absolute atomic E-state index is 12.9. The first-order valence-electron chi connectivity index (χ1n) is 10.3. The molecule has 0 N–H and O–H groups in total. The molecule has 6 heteroatoms. The highest BCUT2D eigenvalue weighted by Gasteiger charge is 2.46. The summed E-state index contributed by atoms with van der Waals surface area (Å²) in [7, 11) is 1.44. The standard InChI is InChI=1S/C21H37NO5/c1-20(2,3)27-19(24)21(4,5)18(22-13-7-8-14-22)26-16-11-9-15(10-12-16)17(23)25-6/h15-16,18H,7-14H2,1-6H3. The summed E-state index contributed by atoms with van der Waals surface area (Å²) in [4.78, 5) is 26.9. The fourth-order valence-electron chi connectivity index (χ4n) is 3.98. The Morgan fingerprint density at radius 2 is 1.52 bits per heavy atom. The third kappa shape index (κ3) is 5.92. The number of likely N-dealkylation sites (tertiary alicyclic amines) is 1. The first-order chi connectivity index (χ1) is 12.5. The van der Waals surface area contributed by atoms with Crippen molar-refractivity contribution < 1.29 is 23.8 Å². The Hall–Kier alpha value is -1.14. The van der Waals surface area contributed by atoms with Gasteiger partial charge in [-0.15, -0.1) is 0 Å². The molecule has 0 bridgehead atoms. The molecule has 0 spiro atoms. The van der Waals surface area contributed by atoms with Crippen LogP contribution in [0.4, 0.5) is 0 Å². The van der Waals surface area contributed by atoms with E-state index in [0.29, 0.717) is 0 Å². The average Bonchev–Trinajstić information content (AvgIpc) is 3.12. The van der Waals surface area contributed by atoms with Gasteiger partial charge in [-0.1, -0.05) is 0 Å². The molecule has 1 unspecified atom stereocenters. The van der Waals surface area contributed by atoms with Crippen LogP contribution < -0.4 is 0 Å². The summed E-state index contributed by atoms with van der Waals surface area (Å²) in [6, 6.07) is 0. The lowest BCUT2D eigenvalue weighted by Crippen LogP contribution is -2.53. The van der Waals surface area contributed by atoms with Gasteiger partial charge in [-0.2, -0.15) is 0 Å². The van der Waals surface area contributed by atoms with Gasteiger partial charge in [0.15, 0.2) is 0 Å². The zero-order valence-electron chi connectivity index (χ0n) is 17.9. The predicted molar refractivity (Wildman–Crippen MR) is 103 cm³/mol. The van der Waals surface area contributed by atoms with Crippen LogP contribution in [0.1, 0.15) is 73.1 Å². The molecule has 1 aliphatic carbocycles. The number of ether oxygens (including phenoxy) is 3. The maximum Gasteiger partial charge on any atom is 0.316 e. The molecule has 1 heterocycles. The average molecular weight is 384 g/mol. The lowest BCUT2D eigenvalue weighted by molar-refractivity contribution is -0.198. The number of carbonyl (C=O) groups is 2. The van der Waals surface area contributed by atoms with Crippen LogP contribution in [-0.2, 0) is 23.8 Å². The third-order valence-electron chi connectivity index (χ3n) is 5.54. The molecule has 1 aliphatic heterocycles. The maximum atomic E-state index is 12.9. The molecule has 1 atom stereocenters. The van der Waals surface area contributed by atoms with Crippen molar-refractivity contribution >= 4 is 11.9 Å². The van der Waals surface area contributed by atoms with E-state index in [1.807, 2.05) is 34.6 Å². The first kappa shape index (κ1) is 22.2. The van der Waals surface area contributed by atoms with Crippen molar-refractivity contribution in [2.75, 3.05) is 20.2 Å². The van der Waals surface area contributed by atoms with E-state index in [9.17, 15) is 9.59 Å². The minimum atomic E-state index is -0.767. The van der Waals surface area contributed by atoms with Crippen molar-refractivity contribution in [3.63, 3.8) is 0 Å². The summed E-state index contributed by atoms with van der Waals surface area (Å²) >= 11 is 0. The number of esters is 2. The molecule has 1 saturated carbocycles. The van der Waals surface area contributed by atoms with Crippen molar-refractivity contribution in [2.45, 2.75) is 91.1 Å². The molecule has 2 rings (SSSR count). The summed E-state index contributed by atoms with van der Waals surface area (Å²) in [5.74, 6) is -0.382. The molecule has 0 aromatic heterocycles. The van der Waals surface area contributed by atoms with E-state index in [2.05, 4.69) is 4.90 Å². The van der Waals surface area contributed by atoms with Crippen LogP contribution in [0.5, 0.6) is 0 Å². The highest BCUT2D eigenvalue weighted by Crippen LogP contribution is 2.36. The van der Waals surface area contributed by atoms with Gasteiger partial charge in [-0.25, -0.2) is 0 Å². The number of hydrogen-bond acceptors (Lipinski definition) is 6. The molecule has 1 saturated heterocycles. The number of carbonyl (C=O) groups excluding carboxylic acids is 2. The van der Waals surface area contributed by atoms with Crippen molar-refractivity contribution in [2.24, 2.45) is 11.3 Å². The normalized spacial score (nSPS) is 25.9. The molecular weight excluding hydrogens is 346 g/mol. The quantitative estimate of drug-likeness (QED) is 0.654. The second kappa shape index (κ2) is 8.91. The van der Waals surface area contributed by atoms with Crippen molar-refractivity contribution in [3.8, 4) is 0 Å². The first-order valence-corrected chi connectivity index (χ1v) is 10.3. The van der Waals surface area contributed by atoms with Crippen LogP contribution >= 0.6 is 0 Å². The minimum absolute atomic E-state index is 0.0287. The molecule has 2 fully saturated rings. The van der Waals surface area contributed by atoms with Gasteiger partial charge in [0, 0.05) is 13.1 Å². The highest BCUT2D eigenvalue weighted by molar-refractivity contribution is 5.77. The predicted octanol–water partition coefficient (Wildman–Crippen LogP) is 3.52. The largest absolute Gasteiger partial charge is 0.469 e. The Morgan fingerprint density at radius 3 is 2.00 bits per heavy atom. The fourth-order valence-corrected chi connectivity index (χ4v) is 3.98. The van der Waals surface area contributed by atoms with Gasteiger partial charge in [0.05, 0.1) is 19.1 Å². The number of methoxy groups -OCH3 is 1. The van der Waals surface area contributed by atoms with Crippen LogP contribution in [0.25, 0.3) is 0 Å². The monoisotopic (exact) mass is 383 g/mol. The van der Waals surface area contributed by atoms with E-state index in [1.54, 1.807) is 0 Å². The number of rotatable bonds is 6. The Balaban J connectivity index is 2.06. The number of hydrogen-bond donors (Lipinski definition) is 0. The van der Waals surface area contributed by atoms with Gasteiger partial charge in [0.25, 0.3) is 0 Å². The van der Waals surface area contributed by atoms with E-state index in [-0.39, 0.29) is 30.2 Å². The molecular formula is C21H37NO5. The summed E-state index contributed by atoms with van der Waals surface area (Å²) in [6.45, 7) is 11.4. The van der Waals surface area contributed by atoms with Gasteiger partial charge in [-0.3, -0.25) is 14.5 Å². The van der Waals surface area contributed by atoms with E-state index in [4.69, 9.17) is 14.2 Å². The Kier molecular flexibility index (Phi) is 7.31. The second-order valence-electron chi connectivity index (χ2n) is 9.45. The molecule has 6 nitrogen and oxygen atoms in total. The van der Waals surface area contributed by atoms with Gasteiger partial charge in [-0.05, 0) is 73.1 Å². The summed E-state index contributed by atoms with van der Waals surface area (Å²) in [5.41, 5.74) is -1.29. The van der Waals surface area contributed by atoms with Crippen LogP contribution in [-0.4, -0.2) is 55.0 Å². The van der Waals surface area contributed by atoms with Crippen molar-refractivity contribution in [1.82, 2.24) is 4.90 Å². The van der Waals surface area contributed by atoms with Crippen LogP contribution in [0.3, 0.4) is 0 Å². The second-order valence-corrected chi connectivity index (χ2v) is 9.45. The van der Waals surface area contributed by atoms with Gasteiger partial charge in [0.2, 0.25) is 0 Å². The highest BCUT2D eigenvalue weighted by atomic mass is 16.6. The summed E-state index contributed by atoms with van der Waals surface area (Å²) in [6.07, 6.45) is 5.17. The summed E-state index contributed by atoms with van der Waals surface area (Å²) < 4.78 is 17.1. The molecule has 0 aromatic carbocycles. The molecule has 0 radical (unpaired) electrons. The van der Waals surface area contributed by atoms with Crippen LogP contribution in [0.2, 0.25) is 0 Å². The Morgan fingerprint density at radius 1 is 0.963 bits per heavy atom. The van der Waals surface area contributed by atoms with E-state index in [0.717, 1.165) is 51.6 Å². The molecule has 0 aromatic rings. The van der Waals surface area contributed by atoms with E-state index >= 15 is 0 Å². The summed E-state index contributed by atoms with van der Waals surface area (Å²) in [5, 5.41) is 0. The Labute approximate surface area is 163 Å². The van der Waals surface area contributed by atoms with Crippen molar-refractivity contribution in [1.29, 1.82) is 0 Å². The molecule has 2 aliphatic rings. The lowest BCUT2D eigenvalue weighted by atomic mass is 9.86.